The number of carbonyl (C=O) groups excluding carboxylic acids is 2. The minimum Gasteiger partial charge on any atom is -0.464 e. The number of carbonyl (C=O) groups is 2. The molecule has 104 valence electrons. The van der Waals surface area contributed by atoms with Crippen LogP contribution in [0.4, 0.5) is 4.39 Å². The predicted molar refractivity (Wildman–Crippen MR) is 63.9 cm³/mol. The molecule has 0 aromatic rings. The fourth-order valence-electron chi connectivity index (χ4n) is 4.45. The van der Waals surface area contributed by atoms with Crippen molar-refractivity contribution in [2.75, 3.05) is 13.2 Å². The molecule has 19 heavy (non-hydrogen) atoms. The van der Waals surface area contributed by atoms with Crippen LogP contribution in [0, 0.1) is 10.8 Å². The number of hydrogen-bond acceptors (Lipinski definition) is 3. The van der Waals surface area contributed by atoms with Crippen molar-refractivity contribution in [2.24, 2.45) is 10.8 Å². The monoisotopic (exact) mass is 267 g/mol. The van der Waals surface area contributed by atoms with Crippen LogP contribution in [0.5, 0.6) is 0 Å². The second kappa shape index (κ2) is 3.13. The molecular formula is C14H18FNO3. The van der Waals surface area contributed by atoms with Gasteiger partial charge in [-0.25, -0.2) is 9.18 Å². The van der Waals surface area contributed by atoms with Crippen molar-refractivity contribution in [1.82, 2.24) is 4.90 Å². The van der Waals surface area contributed by atoms with Crippen LogP contribution in [0.25, 0.3) is 0 Å². The Balaban J connectivity index is 1.78. The molecule has 0 N–H and O–H groups in total. The summed E-state index contributed by atoms with van der Waals surface area (Å²) in [4.78, 5) is 26.4. The Labute approximate surface area is 111 Å². The van der Waals surface area contributed by atoms with Gasteiger partial charge in [-0.15, -0.1) is 0 Å². The molecule has 2 saturated heterocycles. The fourth-order valence-corrected chi connectivity index (χ4v) is 4.45. The van der Waals surface area contributed by atoms with E-state index in [9.17, 15) is 14.0 Å². The zero-order valence-electron chi connectivity index (χ0n) is 11.1. The van der Waals surface area contributed by atoms with Gasteiger partial charge in [0.2, 0.25) is 5.91 Å². The van der Waals surface area contributed by atoms with E-state index < -0.39 is 17.1 Å². The normalized spacial score (nSPS) is 44.8. The summed E-state index contributed by atoms with van der Waals surface area (Å²) in [6.07, 6.45) is 2.34. The van der Waals surface area contributed by atoms with E-state index in [2.05, 4.69) is 0 Å². The lowest BCUT2D eigenvalue weighted by atomic mass is 9.77. The third-order valence-corrected chi connectivity index (χ3v) is 5.77. The Kier molecular flexibility index (Phi) is 1.92. The highest BCUT2D eigenvalue weighted by Crippen LogP contribution is 2.73. The maximum absolute atomic E-state index is 13.7. The lowest BCUT2D eigenvalue weighted by Crippen LogP contribution is -2.53. The van der Waals surface area contributed by atoms with Crippen molar-refractivity contribution < 1.29 is 18.7 Å². The van der Waals surface area contributed by atoms with Gasteiger partial charge in [0, 0.05) is 23.8 Å². The summed E-state index contributed by atoms with van der Waals surface area (Å²) in [6.45, 7) is 2.49. The van der Waals surface area contributed by atoms with Gasteiger partial charge < -0.3 is 9.64 Å². The molecule has 0 radical (unpaired) electrons. The summed E-state index contributed by atoms with van der Waals surface area (Å²) in [7, 11) is 0. The number of alkyl halides is 1. The zero-order valence-corrected chi connectivity index (χ0v) is 11.1. The highest BCUT2D eigenvalue weighted by atomic mass is 19.1. The molecule has 1 amide bonds. The first kappa shape index (κ1) is 11.7. The van der Waals surface area contributed by atoms with E-state index >= 15 is 0 Å². The smallest absolute Gasteiger partial charge is 0.332 e. The standard InChI is InChI=1S/C14H18FNO3/c1-2-19-11(18)14-7-12(5-9(12)15)8-16(14)10(17)6-13(14)3-4-13/h9H,2-8H2,1H3/t9-,12-,14-/m0/s1. The van der Waals surface area contributed by atoms with Gasteiger partial charge in [-0.2, -0.15) is 0 Å². The molecule has 4 rings (SSSR count). The number of esters is 1. The quantitative estimate of drug-likeness (QED) is 0.711. The summed E-state index contributed by atoms with van der Waals surface area (Å²) in [5.41, 5.74) is -1.54. The van der Waals surface area contributed by atoms with Crippen LogP contribution in [0.1, 0.15) is 39.0 Å². The van der Waals surface area contributed by atoms with Gasteiger partial charge in [0.1, 0.15) is 11.7 Å². The molecule has 2 aliphatic carbocycles. The minimum absolute atomic E-state index is 0.0153. The molecule has 2 heterocycles. The zero-order chi connectivity index (χ0) is 13.5. The van der Waals surface area contributed by atoms with Gasteiger partial charge in [-0.3, -0.25) is 4.79 Å². The van der Waals surface area contributed by atoms with Gasteiger partial charge in [-0.05, 0) is 32.6 Å². The molecule has 2 spiro atoms. The molecule has 0 bridgehead atoms. The maximum atomic E-state index is 13.7. The Morgan fingerprint density at radius 2 is 2.21 bits per heavy atom. The second-order valence-electron chi connectivity index (χ2n) is 6.73. The Hall–Kier alpha value is -1.13. The summed E-state index contributed by atoms with van der Waals surface area (Å²) >= 11 is 0. The highest BCUT2D eigenvalue weighted by molar-refractivity contribution is 5.95. The Bertz CT molecular complexity index is 489. The first-order valence-electron chi connectivity index (χ1n) is 7.12. The van der Waals surface area contributed by atoms with Crippen LogP contribution in [-0.4, -0.2) is 41.6 Å². The van der Waals surface area contributed by atoms with Crippen LogP contribution in [0.2, 0.25) is 0 Å². The average molecular weight is 267 g/mol. The molecular weight excluding hydrogens is 249 g/mol. The number of nitrogens with zero attached hydrogens (tertiary/aromatic N) is 1. The molecule has 3 atom stereocenters. The van der Waals surface area contributed by atoms with Gasteiger partial charge >= 0.3 is 5.97 Å². The first-order chi connectivity index (χ1) is 9.00. The summed E-state index contributed by atoms with van der Waals surface area (Å²) in [6, 6.07) is 0. The maximum Gasteiger partial charge on any atom is 0.332 e. The molecule has 4 fully saturated rings. The fraction of sp³-hybridized carbons (Fsp3) is 0.857. The van der Waals surface area contributed by atoms with Crippen LogP contribution in [0.3, 0.4) is 0 Å². The van der Waals surface area contributed by atoms with E-state index in [-0.39, 0.29) is 17.3 Å². The van der Waals surface area contributed by atoms with Crippen molar-refractivity contribution >= 4 is 11.9 Å². The third-order valence-electron chi connectivity index (χ3n) is 5.77. The number of ether oxygens (including phenoxy) is 1. The molecule has 0 unspecified atom stereocenters. The second-order valence-corrected chi connectivity index (χ2v) is 6.73. The van der Waals surface area contributed by atoms with E-state index in [1.165, 1.54) is 0 Å². The largest absolute Gasteiger partial charge is 0.464 e. The lowest BCUT2D eigenvalue weighted by molar-refractivity contribution is -0.160. The summed E-state index contributed by atoms with van der Waals surface area (Å²) in [5, 5.41) is 0. The number of rotatable bonds is 2. The highest BCUT2D eigenvalue weighted by Gasteiger charge is 2.80. The molecule has 0 aromatic heterocycles. The third kappa shape index (κ3) is 1.15. The van der Waals surface area contributed by atoms with Crippen LogP contribution >= 0.6 is 0 Å². The molecule has 2 aliphatic heterocycles. The van der Waals surface area contributed by atoms with E-state index in [1.807, 2.05) is 0 Å². The molecule has 5 heteroatoms. The molecule has 4 aliphatic rings. The average Bonchev–Trinajstić information content (AvgIpc) is 3.17. The first-order valence-corrected chi connectivity index (χ1v) is 7.12. The number of fused-ring (bicyclic) bond motifs is 2. The van der Waals surface area contributed by atoms with Crippen LogP contribution in [0.15, 0.2) is 0 Å². The van der Waals surface area contributed by atoms with Crippen LogP contribution < -0.4 is 0 Å². The van der Waals surface area contributed by atoms with E-state index in [0.717, 1.165) is 12.8 Å². The Morgan fingerprint density at radius 1 is 1.53 bits per heavy atom. The van der Waals surface area contributed by atoms with E-state index in [1.54, 1.807) is 11.8 Å². The van der Waals surface area contributed by atoms with Gasteiger partial charge in [0.25, 0.3) is 0 Å². The van der Waals surface area contributed by atoms with Gasteiger partial charge in [0.15, 0.2) is 0 Å². The number of amides is 1. The van der Waals surface area contributed by atoms with E-state index in [4.69, 9.17) is 4.74 Å². The van der Waals surface area contributed by atoms with Crippen LogP contribution in [-0.2, 0) is 14.3 Å². The molecule has 4 nitrogen and oxygen atoms in total. The lowest BCUT2D eigenvalue weighted by Gasteiger charge is -2.34. The molecule has 0 aromatic carbocycles. The minimum atomic E-state index is -0.854. The van der Waals surface area contributed by atoms with Crippen molar-refractivity contribution in [3.05, 3.63) is 0 Å². The van der Waals surface area contributed by atoms with Crippen molar-refractivity contribution in [1.29, 1.82) is 0 Å². The van der Waals surface area contributed by atoms with Gasteiger partial charge in [0.05, 0.1) is 6.61 Å². The van der Waals surface area contributed by atoms with Gasteiger partial charge in [-0.1, -0.05) is 0 Å². The van der Waals surface area contributed by atoms with Crippen molar-refractivity contribution in [3.63, 3.8) is 0 Å². The SMILES string of the molecule is CCOC(=O)[C@]12C[C@@]3(C[C@@H]3F)CN1C(=O)CC21CC1. The van der Waals surface area contributed by atoms with Crippen molar-refractivity contribution in [2.45, 2.75) is 50.7 Å². The Morgan fingerprint density at radius 3 is 2.74 bits per heavy atom. The van der Waals surface area contributed by atoms with Crippen molar-refractivity contribution in [3.8, 4) is 0 Å². The topological polar surface area (TPSA) is 46.6 Å². The number of hydrogen-bond donors (Lipinski definition) is 0. The predicted octanol–water partition coefficient (Wildman–Crippen LogP) is 1.43. The summed E-state index contributed by atoms with van der Waals surface area (Å²) in [5.74, 6) is -0.282. The molecule has 2 saturated carbocycles. The van der Waals surface area contributed by atoms with E-state index in [0.29, 0.717) is 32.4 Å². The summed E-state index contributed by atoms with van der Waals surface area (Å²) < 4.78 is 19.0. The number of halogens is 1.